The van der Waals surface area contributed by atoms with E-state index in [0.29, 0.717) is 11.3 Å². The molecule has 0 saturated heterocycles. The van der Waals surface area contributed by atoms with Crippen LogP contribution in [-0.4, -0.2) is 37.3 Å². The van der Waals surface area contributed by atoms with Gasteiger partial charge in [-0.05, 0) is 31.2 Å². The van der Waals surface area contributed by atoms with Gasteiger partial charge in [0.15, 0.2) is 11.6 Å². The van der Waals surface area contributed by atoms with E-state index in [-0.39, 0.29) is 5.82 Å². The maximum absolute atomic E-state index is 14.0. The van der Waals surface area contributed by atoms with Crippen molar-refractivity contribution in [1.82, 2.24) is 24.2 Å². The Morgan fingerprint density at radius 2 is 2.13 bits per heavy atom. The Morgan fingerprint density at radius 1 is 1.26 bits per heavy atom. The van der Waals surface area contributed by atoms with Gasteiger partial charge in [0.1, 0.15) is 11.2 Å². The Morgan fingerprint density at radius 3 is 2.91 bits per heavy atom. The molecule has 1 aliphatic heterocycles. The molecule has 120 valence electrons. The number of para-hydroxylation sites is 1. The van der Waals surface area contributed by atoms with Gasteiger partial charge in [-0.1, -0.05) is 13.0 Å². The van der Waals surface area contributed by atoms with E-state index in [9.17, 15) is 4.39 Å². The average molecular weight is 313 g/mol. The lowest BCUT2D eigenvalue weighted by Crippen LogP contribution is -2.22. The van der Waals surface area contributed by atoms with Crippen LogP contribution in [0.2, 0.25) is 0 Å². The van der Waals surface area contributed by atoms with Crippen LogP contribution in [0.1, 0.15) is 19.0 Å². The first-order valence-corrected chi connectivity index (χ1v) is 8.07. The molecule has 0 bridgehead atoms. The smallest absolute Gasteiger partial charge is 0.161 e. The van der Waals surface area contributed by atoms with Crippen molar-refractivity contribution in [1.29, 1.82) is 0 Å². The number of benzene rings is 1. The molecule has 3 aromatic rings. The predicted molar refractivity (Wildman–Crippen MR) is 87.5 cm³/mol. The number of halogens is 1. The van der Waals surface area contributed by atoms with Crippen molar-refractivity contribution in [3.63, 3.8) is 0 Å². The first-order valence-electron chi connectivity index (χ1n) is 8.07. The second kappa shape index (κ2) is 5.45. The maximum Gasteiger partial charge on any atom is 0.161 e. The van der Waals surface area contributed by atoms with Gasteiger partial charge in [-0.25, -0.2) is 9.37 Å². The second-order valence-electron chi connectivity index (χ2n) is 6.07. The third-order valence-corrected chi connectivity index (χ3v) is 4.63. The fourth-order valence-corrected chi connectivity index (χ4v) is 3.32. The molecule has 1 aromatic carbocycles. The van der Waals surface area contributed by atoms with Gasteiger partial charge in [-0.2, -0.15) is 5.10 Å². The monoisotopic (exact) mass is 313 g/mol. The number of imidazole rings is 1. The summed E-state index contributed by atoms with van der Waals surface area (Å²) in [6.07, 6.45) is 1.10. The van der Waals surface area contributed by atoms with Crippen LogP contribution in [0.3, 0.4) is 0 Å². The van der Waals surface area contributed by atoms with Crippen LogP contribution < -0.4 is 0 Å². The molecular formula is C17H20FN5. The summed E-state index contributed by atoms with van der Waals surface area (Å²) in [5.41, 5.74) is 3.21. The summed E-state index contributed by atoms with van der Waals surface area (Å²) < 4.78 is 17.9. The molecule has 0 amide bonds. The highest BCUT2D eigenvalue weighted by atomic mass is 19.1. The van der Waals surface area contributed by atoms with Gasteiger partial charge in [0.25, 0.3) is 0 Å². The largest absolute Gasteiger partial charge is 0.326 e. The lowest BCUT2D eigenvalue weighted by molar-refractivity contribution is 0.284. The number of rotatable bonds is 2. The van der Waals surface area contributed by atoms with Crippen LogP contribution in [0.15, 0.2) is 24.3 Å². The van der Waals surface area contributed by atoms with Crippen molar-refractivity contribution >= 4 is 11.0 Å². The predicted octanol–water partition coefficient (Wildman–Crippen LogP) is 2.80. The van der Waals surface area contributed by atoms with Gasteiger partial charge < -0.3 is 4.57 Å². The topological polar surface area (TPSA) is 38.9 Å². The van der Waals surface area contributed by atoms with Crippen molar-refractivity contribution in [2.24, 2.45) is 7.05 Å². The maximum atomic E-state index is 14.0. The van der Waals surface area contributed by atoms with E-state index in [1.165, 1.54) is 11.8 Å². The van der Waals surface area contributed by atoms with Gasteiger partial charge in [0, 0.05) is 26.7 Å². The summed E-state index contributed by atoms with van der Waals surface area (Å²) in [4.78, 5) is 6.90. The summed E-state index contributed by atoms with van der Waals surface area (Å²) in [5, 5.41) is 4.72. The van der Waals surface area contributed by atoms with E-state index in [1.54, 1.807) is 6.07 Å². The number of hydrogen-bond donors (Lipinski definition) is 0. The molecule has 6 heteroatoms. The Kier molecular flexibility index (Phi) is 3.41. The molecule has 0 fully saturated rings. The summed E-state index contributed by atoms with van der Waals surface area (Å²) in [7, 11) is 1.91. The van der Waals surface area contributed by atoms with Crippen LogP contribution >= 0.6 is 0 Å². The van der Waals surface area contributed by atoms with E-state index in [4.69, 9.17) is 5.10 Å². The minimum Gasteiger partial charge on any atom is -0.326 e. The van der Waals surface area contributed by atoms with E-state index in [2.05, 4.69) is 27.6 Å². The van der Waals surface area contributed by atoms with Gasteiger partial charge >= 0.3 is 0 Å². The van der Waals surface area contributed by atoms with Crippen molar-refractivity contribution in [3.05, 3.63) is 35.8 Å². The summed E-state index contributed by atoms with van der Waals surface area (Å²) in [5.74, 6) is 0.427. The SMILES string of the molecule is CCN1CCCn2nc(-c3nc4c(F)cccc4n3C)cc2C1. The quantitative estimate of drug-likeness (QED) is 0.730. The Hall–Kier alpha value is -2.21. The highest BCUT2D eigenvalue weighted by Gasteiger charge is 2.20. The molecular weight excluding hydrogens is 293 g/mol. The minimum absolute atomic E-state index is 0.290. The molecule has 0 unspecified atom stereocenters. The third kappa shape index (κ3) is 2.34. The van der Waals surface area contributed by atoms with E-state index in [0.717, 1.165) is 43.8 Å². The van der Waals surface area contributed by atoms with Crippen molar-refractivity contribution < 1.29 is 4.39 Å². The van der Waals surface area contributed by atoms with Crippen LogP contribution in [0.25, 0.3) is 22.6 Å². The molecule has 0 atom stereocenters. The summed E-state index contributed by atoms with van der Waals surface area (Å²) in [6, 6.07) is 7.13. The van der Waals surface area contributed by atoms with Crippen molar-refractivity contribution in [2.75, 3.05) is 13.1 Å². The number of nitrogens with zero attached hydrogens (tertiary/aromatic N) is 5. The average Bonchev–Trinajstić information content (AvgIpc) is 3.03. The first-order chi connectivity index (χ1) is 11.2. The van der Waals surface area contributed by atoms with Crippen molar-refractivity contribution in [3.8, 4) is 11.5 Å². The third-order valence-electron chi connectivity index (χ3n) is 4.63. The zero-order chi connectivity index (χ0) is 16.0. The molecule has 1 aliphatic rings. The van der Waals surface area contributed by atoms with Crippen LogP contribution in [0, 0.1) is 5.82 Å². The molecule has 0 spiro atoms. The first kappa shape index (κ1) is 14.4. The van der Waals surface area contributed by atoms with Gasteiger partial charge in [-0.15, -0.1) is 0 Å². The molecule has 5 nitrogen and oxygen atoms in total. The van der Waals surface area contributed by atoms with Crippen LogP contribution in [-0.2, 0) is 20.1 Å². The molecule has 2 aromatic heterocycles. The summed E-state index contributed by atoms with van der Waals surface area (Å²) in [6.45, 7) is 6.15. The Balaban J connectivity index is 1.80. The zero-order valence-electron chi connectivity index (χ0n) is 13.5. The Labute approximate surface area is 134 Å². The fourth-order valence-electron chi connectivity index (χ4n) is 3.32. The molecule has 0 saturated carbocycles. The molecule has 3 heterocycles. The van der Waals surface area contributed by atoms with Gasteiger partial charge in [0.05, 0.1) is 11.2 Å². The standard InChI is InChI=1S/C17H20FN5/c1-3-22-8-5-9-23-12(11-22)10-14(20-23)17-19-16-13(18)6-4-7-15(16)21(17)2/h4,6-7,10H,3,5,8-9,11H2,1-2H3. The molecule has 4 rings (SSSR count). The van der Waals surface area contributed by atoms with Gasteiger partial charge in [0.2, 0.25) is 0 Å². The molecule has 0 N–H and O–H groups in total. The van der Waals surface area contributed by atoms with Crippen LogP contribution in [0.5, 0.6) is 0 Å². The summed E-state index contributed by atoms with van der Waals surface area (Å²) >= 11 is 0. The fraction of sp³-hybridized carbons (Fsp3) is 0.412. The number of aryl methyl sites for hydroxylation is 2. The minimum atomic E-state index is -0.290. The second-order valence-corrected chi connectivity index (χ2v) is 6.07. The van der Waals surface area contributed by atoms with Crippen LogP contribution in [0.4, 0.5) is 4.39 Å². The van der Waals surface area contributed by atoms with E-state index in [1.807, 2.05) is 17.7 Å². The highest BCUT2D eigenvalue weighted by molar-refractivity contribution is 5.80. The lowest BCUT2D eigenvalue weighted by atomic mass is 10.3. The van der Waals surface area contributed by atoms with E-state index >= 15 is 0 Å². The van der Waals surface area contributed by atoms with Gasteiger partial charge in [-0.3, -0.25) is 9.58 Å². The highest BCUT2D eigenvalue weighted by Crippen LogP contribution is 2.26. The number of aromatic nitrogens is 4. The normalized spacial score (nSPS) is 15.8. The zero-order valence-corrected chi connectivity index (χ0v) is 13.5. The lowest BCUT2D eigenvalue weighted by Gasteiger charge is -2.15. The molecule has 0 aliphatic carbocycles. The molecule has 23 heavy (non-hydrogen) atoms. The number of fused-ring (bicyclic) bond motifs is 2. The molecule has 0 radical (unpaired) electrons. The Bertz CT molecular complexity index is 863. The van der Waals surface area contributed by atoms with E-state index < -0.39 is 0 Å². The number of hydrogen-bond acceptors (Lipinski definition) is 3. The van der Waals surface area contributed by atoms with Crippen molar-refractivity contribution in [2.45, 2.75) is 26.4 Å².